The van der Waals surface area contributed by atoms with Crippen LogP contribution in [-0.2, 0) is 24.7 Å². The zero-order valence-electron chi connectivity index (χ0n) is 35.1. The number of aromatic nitrogens is 2. The number of fused-ring (bicyclic) bond motifs is 2. The van der Waals surface area contributed by atoms with Gasteiger partial charge in [0.2, 0.25) is 11.8 Å². The van der Waals surface area contributed by atoms with Crippen molar-refractivity contribution in [3.05, 3.63) is 53.2 Å². The molecule has 0 bridgehead atoms. The van der Waals surface area contributed by atoms with Gasteiger partial charge in [0.15, 0.2) is 0 Å². The zero-order valence-corrected chi connectivity index (χ0v) is 35.1. The first kappa shape index (κ1) is 40.7. The van der Waals surface area contributed by atoms with Gasteiger partial charge in [0.1, 0.15) is 12.1 Å². The van der Waals surface area contributed by atoms with Gasteiger partial charge in [0.25, 0.3) is 17.7 Å². The quantitative estimate of drug-likeness (QED) is 0.177. The molecule has 2 aromatic carbocycles. The van der Waals surface area contributed by atoms with E-state index in [1.54, 1.807) is 26.0 Å². The van der Waals surface area contributed by atoms with Gasteiger partial charge in [-0.25, -0.2) is 0 Å². The van der Waals surface area contributed by atoms with Crippen molar-refractivity contribution in [2.75, 3.05) is 30.8 Å². The molecule has 2 unspecified atom stereocenters. The number of piperidine rings is 1. The maximum absolute atomic E-state index is 13.6. The maximum Gasteiger partial charge on any atom is 0.264 e. The molecule has 3 aliphatic heterocycles. The van der Waals surface area contributed by atoms with Gasteiger partial charge in [-0.15, -0.1) is 0 Å². The monoisotopic (exact) mass is 821 g/mol. The SMILES string of the molecule is CN(CC1CCC(n2cc3cc(NC(=O)C4CCCCO4)c(C(C)(C)O)cc3n2)CC1)C1CCC2(CC1)CC(Nc1cccc3c1C(=O)N(C1CCC(=O)NC1=O)C3=O)C2. The number of amides is 5. The van der Waals surface area contributed by atoms with E-state index in [2.05, 4.69) is 38.8 Å². The van der Waals surface area contributed by atoms with E-state index >= 15 is 0 Å². The number of benzene rings is 2. The van der Waals surface area contributed by atoms with Gasteiger partial charge in [-0.2, -0.15) is 5.10 Å². The van der Waals surface area contributed by atoms with Gasteiger partial charge >= 0.3 is 0 Å². The highest BCUT2D eigenvalue weighted by atomic mass is 16.5. The second kappa shape index (κ2) is 16.0. The molecule has 14 heteroatoms. The minimum atomic E-state index is -1.16. The molecule has 6 aliphatic rings. The molecule has 3 saturated carbocycles. The van der Waals surface area contributed by atoms with E-state index in [-0.39, 0.29) is 30.7 Å². The van der Waals surface area contributed by atoms with Crippen LogP contribution in [0.4, 0.5) is 11.4 Å². The van der Waals surface area contributed by atoms with Crippen LogP contribution in [0.25, 0.3) is 10.9 Å². The normalized spacial score (nSPS) is 29.8. The molecule has 5 fully saturated rings. The summed E-state index contributed by atoms with van der Waals surface area (Å²) in [6.45, 7) is 5.16. The second-order valence-corrected chi connectivity index (χ2v) is 19.2. The third kappa shape index (κ3) is 7.86. The highest BCUT2D eigenvalue weighted by Crippen LogP contribution is 2.53. The molecular weight excluding hydrogens is 763 g/mol. The summed E-state index contributed by atoms with van der Waals surface area (Å²) in [6.07, 6.45) is 15.7. The minimum absolute atomic E-state index is 0.0955. The molecule has 60 heavy (non-hydrogen) atoms. The van der Waals surface area contributed by atoms with Crippen LogP contribution in [-0.4, -0.2) is 98.7 Å². The molecule has 9 rings (SSSR count). The van der Waals surface area contributed by atoms with Crippen LogP contribution >= 0.6 is 0 Å². The smallest absolute Gasteiger partial charge is 0.264 e. The lowest BCUT2D eigenvalue weighted by Crippen LogP contribution is -2.54. The predicted octanol–water partition coefficient (Wildman–Crippen LogP) is 6.04. The predicted molar refractivity (Wildman–Crippen MR) is 225 cm³/mol. The summed E-state index contributed by atoms with van der Waals surface area (Å²) < 4.78 is 7.83. The first-order valence-electron chi connectivity index (χ1n) is 22.2. The van der Waals surface area contributed by atoms with Crippen LogP contribution in [0, 0.1) is 11.3 Å². The summed E-state index contributed by atoms with van der Waals surface area (Å²) in [5.74, 6) is -1.46. The molecule has 2 atom stereocenters. The standard InChI is InChI=1S/C46H59N7O7/c1-45(2,59)33-22-35-28(21-36(33)48-42(56)38-9-4-5-20-60-38)26-52(50-35)31-12-10-27(11-13-31)25-51(3)30-16-18-46(19-17-30)23-29(24-46)47-34-8-6-7-32-40(34)44(58)53(43(32)57)37-14-15-39(54)49-41(37)55/h6-8,21-22,26-27,29-31,37-38,47,59H,4-5,9-20,23-25H2,1-3H3,(H,48,56)(H,49,54,55). The molecule has 2 saturated heterocycles. The average Bonchev–Trinajstić information content (AvgIpc) is 3.75. The molecule has 1 spiro atoms. The highest BCUT2D eigenvalue weighted by Gasteiger charge is 2.49. The van der Waals surface area contributed by atoms with Crippen molar-refractivity contribution in [1.82, 2.24) is 24.9 Å². The van der Waals surface area contributed by atoms with Crippen LogP contribution in [0.3, 0.4) is 0 Å². The molecule has 3 aromatic rings. The Hall–Kier alpha value is -4.66. The fourth-order valence-electron chi connectivity index (χ4n) is 11.2. The topological polar surface area (TPSA) is 175 Å². The van der Waals surface area contributed by atoms with E-state index in [9.17, 15) is 29.1 Å². The van der Waals surface area contributed by atoms with E-state index in [0.29, 0.717) is 64.5 Å². The molecule has 4 heterocycles. The van der Waals surface area contributed by atoms with E-state index in [4.69, 9.17) is 9.84 Å². The van der Waals surface area contributed by atoms with Crippen molar-refractivity contribution < 1.29 is 33.8 Å². The lowest BCUT2D eigenvalue weighted by atomic mass is 9.57. The van der Waals surface area contributed by atoms with Crippen molar-refractivity contribution in [2.45, 2.75) is 146 Å². The fraction of sp³-hybridized carbons (Fsp3) is 0.609. The Kier molecular flexibility index (Phi) is 10.9. The van der Waals surface area contributed by atoms with Gasteiger partial charge in [0.05, 0.1) is 28.3 Å². The summed E-state index contributed by atoms with van der Waals surface area (Å²) in [4.78, 5) is 67.8. The Labute approximate surface area is 351 Å². The number of hydrogen-bond acceptors (Lipinski definition) is 10. The molecule has 0 radical (unpaired) electrons. The number of rotatable bonds is 10. The van der Waals surface area contributed by atoms with Crippen LogP contribution in [0.15, 0.2) is 36.5 Å². The number of nitrogens with zero attached hydrogens (tertiary/aromatic N) is 4. The molecule has 320 valence electrons. The number of imide groups is 2. The van der Waals surface area contributed by atoms with E-state index < -0.39 is 35.5 Å². The van der Waals surface area contributed by atoms with Crippen molar-refractivity contribution in [3.63, 3.8) is 0 Å². The largest absolute Gasteiger partial charge is 0.386 e. The van der Waals surface area contributed by atoms with Crippen molar-refractivity contribution in [2.24, 2.45) is 11.3 Å². The van der Waals surface area contributed by atoms with Crippen molar-refractivity contribution in [1.29, 1.82) is 0 Å². The lowest BCUT2D eigenvalue weighted by Gasteiger charge is -2.53. The van der Waals surface area contributed by atoms with E-state index in [1.807, 2.05) is 18.2 Å². The molecule has 4 N–H and O–H groups in total. The van der Waals surface area contributed by atoms with E-state index in [0.717, 1.165) is 73.7 Å². The molecular formula is C46H59N7O7. The molecule has 5 amide bonds. The van der Waals surface area contributed by atoms with Crippen LogP contribution < -0.4 is 16.0 Å². The highest BCUT2D eigenvalue weighted by molar-refractivity contribution is 6.25. The first-order chi connectivity index (χ1) is 28.7. The van der Waals surface area contributed by atoms with Gasteiger partial charge in [-0.05, 0) is 146 Å². The summed E-state index contributed by atoms with van der Waals surface area (Å²) in [6, 6.07) is 9.26. The van der Waals surface area contributed by atoms with Gasteiger partial charge in [0, 0.05) is 60.2 Å². The third-order valence-corrected chi connectivity index (χ3v) is 14.6. The number of nitrogens with one attached hydrogen (secondary N) is 3. The Morgan fingerprint density at radius 3 is 2.45 bits per heavy atom. The van der Waals surface area contributed by atoms with Gasteiger partial charge in [-0.1, -0.05) is 6.07 Å². The maximum atomic E-state index is 13.6. The summed E-state index contributed by atoms with van der Waals surface area (Å²) in [5.41, 5.74) is 2.49. The summed E-state index contributed by atoms with van der Waals surface area (Å²) in [7, 11) is 2.30. The number of aliphatic hydroxyl groups is 1. The zero-order chi connectivity index (χ0) is 41.9. The Morgan fingerprint density at radius 2 is 1.75 bits per heavy atom. The Balaban J connectivity index is 0.749. The number of ether oxygens (including phenoxy) is 1. The lowest BCUT2D eigenvalue weighted by molar-refractivity contribution is -0.136. The number of anilines is 2. The Morgan fingerprint density at radius 1 is 0.983 bits per heavy atom. The van der Waals surface area contributed by atoms with Crippen LogP contribution in [0.5, 0.6) is 0 Å². The van der Waals surface area contributed by atoms with Gasteiger partial charge < -0.3 is 25.4 Å². The van der Waals surface area contributed by atoms with Gasteiger partial charge in [-0.3, -0.25) is 38.9 Å². The van der Waals surface area contributed by atoms with E-state index in [1.165, 1.54) is 25.7 Å². The third-order valence-electron chi connectivity index (χ3n) is 14.6. The molecule has 14 nitrogen and oxygen atoms in total. The van der Waals surface area contributed by atoms with Crippen molar-refractivity contribution in [3.8, 4) is 0 Å². The number of hydrogen-bond donors (Lipinski definition) is 4. The Bertz CT molecular complexity index is 2180. The minimum Gasteiger partial charge on any atom is -0.386 e. The van der Waals surface area contributed by atoms with Crippen LogP contribution in [0.2, 0.25) is 0 Å². The van der Waals surface area contributed by atoms with Crippen LogP contribution in [0.1, 0.15) is 142 Å². The molecule has 1 aromatic heterocycles. The average molecular weight is 822 g/mol. The first-order valence-corrected chi connectivity index (χ1v) is 22.2. The van der Waals surface area contributed by atoms with Crippen molar-refractivity contribution >= 4 is 51.8 Å². The summed E-state index contributed by atoms with van der Waals surface area (Å²) >= 11 is 0. The number of carbonyl (C=O) groups is 5. The number of carbonyl (C=O) groups excluding carboxylic acids is 5. The second-order valence-electron chi connectivity index (χ2n) is 19.2. The summed E-state index contributed by atoms with van der Waals surface area (Å²) in [5, 5.41) is 25.9. The molecule has 3 aliphatic carbocycles. The fourth-order valence-corrected chi connectivity index (χ4v) is 11.2.